The van der Waals surface area contributed by atoms with E-state index in [-0.39, 0.29) is 5.97 Å². The third kappa shape index (κ3) is 3.52. The van der Waals surface area contributed by atoms with Crippen molar-refractivity contribution in [3.63, 3.8) is 0 Å². The summed E-state index contributed by atoms with van der Waals surface area (Å²) < 4.78 is 11.4. The molecule has 0 aliphatic heterocycles. The molecule has 0 amide bonds. The number of esters is 1. The van der Waals surface area contributed by atoms with Gasteiger partial charge in [-0.25, -0.2) is 4.79 Å². The Labute approximate surface area is 104 Å². The van der Waals surface area contributed by atoms with Crippen LogP contribution in [0.5, 0.6) is 5.75 Å². The average Bonchev–Trinajstić information content (AvgIpc) is 2.22. The van der Waals surface area contributed by atoms with Gasteiger partial charge in [-0.2, -0.15) is 0 Å². The SMILES string of the molecule is CCOC(=O)C(C)Oc1ccc(Br)cc1C. The van der Waals surface area contributed by atoms with Crippen molar-refractivity contribution in [3.8, 4) is 5.75 Å². The van der Waals surface area contributed by atoms with Gasteiger partial charge in [0.1, 0.15) is 5.75 Å². The van der Waals surface area contributed by atoms with E-state index in [9.17, 15) is 4.79 Å². The minimum atomic E-state index is -0.583. The molecule has 0 spiro atoms. The zero-order chi connectivity index (χ0) is 12.1. The summed E-state index contributed by atoms with van der Waals surface area (Å²) in [4.78, 5) is 11.4. The maximum absolute atomic E-state index is 11.4. The van der Waals surface area contributed by atoms with Crippen molar-refractivity contribution in [2.75, 3.05) is 6.61 Å². The Morgan fingerprint density at radius 3 is 2.75 bits per heavy atom. The first-order chi connectivity index (χ1) is 7.54. The molecule has 0 aliphatic rings. The van der Waals surface area contributed by atoms with Gasteiger partial charge in [0.25, 0.3) is 0 Å². The van der Waals surface area contributed by atoms with Crippen LogP contribution in [0.1, 0.15) is 19.4 Å². The summed E-state index contributed by atoms with van der Waals surface area (Å²) in [6, 6.07) is 5.64. The van der Waals surface area contributed by atoms with Gasteiger partial charge in [-0.15, -0.1) is 0 Å². The quantitative estimate of drug-likeness (QED) is 0.798. The van der Waals surface area contributed by atoms with Gasteiger partial charge in [0, 0.05) is 4.47 Å². The second-order valence-corrected chi connectivity index (χ2v) is 4.34. The Morgan fingerprint density at radius 1 is 1.50 bits per heavy atom. The number of carbonyl (C=O) groups excluding carboxylic acids is 1. The van der Waals surface area contributed by atoms with Crippen LogP contribution in [0.2, 0.25) is 0 Å². The molecule has 1 unspecified atom stereocenters. The van der Waals surface area contributed by atoms with Gasteiger partial charge in [0.05, 0.1) is 6.61 Å². The summed E-state index contributed by atoms with van der Waals surface area (Å²) in [6.45, 7) is 5.75. The van der Waals surface area contributed by atoms with Crippen LogP contribution in [0, 0.1) is 6.92 Å². The van der Waals surface area contributed by atoms with Gasteiger partial charge in [0.15, 0.2) is 6.10 Å². The van der Waals surface area contributed by atoms with Gasteiger partial charge in [0.2, 0.25) is 0 Å². The summed E-state index contributed by atoms with van der Waals surface area (Å²) in [7, 11) is 0. The van der Waals surface area contributed by atoms with Gasteiger partial charge in [-0.3, -0.25) is 0 Å². The molecule has 3 nitrogen and oxygen atoms in total. The van der Waals surface area contributed by atoms with Gasteiger partial charge in [-0.1, -0.05) is 15.9 Å². The first-order valence-electron chi connectivity index (χ1n) is 5.14. The number of hydrogen-bond acceptors (Lipinski definition) is 3. The number of hydrogen-bond donors (Lipinski definition) is 0. The van der Waals surface area contributed by atoms with E-state index in [0.29, 0.717) is 12.4 Å². The molecule has 0 saturated heterocycles. The Hall–Kier alpha value is -1.03. The maximum atomic E-state index is 11.4. The monoisotopic (exact) mass is 286 g/mol. The standard InChI is InChI=1S/C12H15BrO3/c1-4-15-12(14)9(3)16-11-6-5-10(13)7-8(11)2/h5-7,9H,4H2,1-3H3. The molecule has 0 aromatic heterocycles. The van der Waals surface area contributed by atoms with Crippen LogP contribution in [0.25, 0.3) is 0 Å². The van der Waals surface area contributed by atoms with Gasteiger partial charge in [-0.05, 0) is 44.5 Å². The molecule has 1 rings (SSSR count). The molecule has 0 N–H and O–H groups in total. The van der Waals surface area contributed by atoms with Crippen molar-refractivity contribution >= 4 is 21.9 Å². The van der Waals surface area contributed by atoms with E-state index in [1.807, 2.05) is 25.1 Å². The number of aryl methyl sites for hydroxylation is 1. The van der Waals surface area contributed by atoms with Crippen molar-refractivity contribution in [1.82, 2.24) is 0 Å². The van der Waals surface area contributed by atoms with E-state index in [2.05, 4.69) is 15.9 Å². The Kier molecular flexibility index (Phi) is 4.80. The molecule has 1 aromatic carbocycles. The molecular formula is C12H15BrO3. The van der Waals surface area contributed by atoms with Crippen molar-refractivity contribution < 1.29 is 14.3 Å². The van der Waals surface area contributed by atoms with Crippen LogP contribution in [0.4, 0.5) is 0 Å². The van der Waals surface area contributed by atoms with Gasteiger partial charge < -0.3 is 9.47 Å². The Morgan fingerprint density at radius 2 is 2.19 bits per heavy atom. The van der Waals surface area contributed by atoms with E-state index < -0.39 is 6.10 Å². The lowest BCUT2D eigenvalue weighted by Gasteiger charge is -2.15. The molecule has 88 valence electrons. The molecule has 4 heteroatoms. The van der Waals surface area contributed by atoms with Crippen molar-refractivity contribution in [2.45, 2.75) is 26.9 Å². The highest BCUT2D eigenvalue weighted by molar-refractivity contribution is 9.10. The van der Waals surface area contributed by atoms with Crippen molar-refractivity contribution in [3.05, 3.63) is 28.2 Å². The second kappa shape index (κ2) is 5.89. The highest BCUT2D eigenvalue weighted by atomic mass is 79.9. The van der Waals surface area contributed by atoms with Crippen LogP contribution < -0.4 is 4.74 Å². The summed E-state index contributed by atoms with van der Waals surface area (Å²) >= 11 is 3.37. The summed E-state index contributed by atoms with van der Waals surface area (Å²) in [5.41, 5.74) is 0.977. The Bertz CT molecular complexity index is 377. The number of rotatable bonds is 4. The molecule has 1 atom stereocenters. The lowest BCUT2D eigenvalue weighted by atomic mass is 10.2. The fraction of sp³-hybridized carbons (Fsp3) is 0.417. The predicted molar refractivity (Wildman–Crippen MR) is 65.6 cm³/mol. The van der Waals surface area contributed by atoms with Crippen molar-refractivity contribution in [1.29, 1.82) is 0 Å². The smallest absolute Gasteiger partial charge is 0.347 e. The molecule has 0 saturated carbocycles. The zero-order valence-electron chi connectivity index (χ0n) is 9.62. The van der Waals surface area contributed by atoms with E-state index in [4.69, 9.17) is 9.47 Å². The summed E-state index contributed by atoms with van der Waals surface area (Å²) in [6.07, 6.45) is -0.583. The number of benzene rings is 1. The second-order valence-electron chi connectivity index (χ2n) is 3.42. The number of ether oxygens (including phenoxy) is 2. The van der Waals surface area contributed by atoms with Crippen LogP contribution in [-0.2, 0) is 9.53 Å². The number of carbonyl (C=O) groups is 1. The highest BCUT2D eigenvalue weighted by Gasteiger charge is 2.16. The van der Waals surface area contributed by atoms with Crippen LogP contribution >= 0.6 is 15.9 Å². The molecule has 16 heavy (non-hydrogen) atoms. The first kappa shape index (κ1) is 13.0. The molecular weight excluding hydrogens is 272 g/mol. The Balaban J connectivity index is 2.69. The summed E-state index contributed by atoms with van der Waals surface area (Å²) in [5, 5.41) is 0. The molecule has 0 radical (unpaired) electrons. The van der Waals surface area contributed by atoms with Crippen LogP contribution in [-0.4, -0.2) is 18.7 Å². The van der Waals surface area contributed by atoms with Crippen LogP contribution in [0.3, 0.4) is 0 Å². The minimum Gasteiger partial charge on any atom is -0.479 e. The number of halogens is 1. The summed E-state index contributed by atoms with van der Waals surface area (Å²) in [5.74, 6) is 0.355. The predicted octanol–water partition coefficient (Wildman–Crippen LogP) is 3.09. The van der Waals surface area contributed by atoms with Crippen LogP contribution in [0.15, 0.2) is 22.7 Å². The highest BCUT2D eigenvalue weighted by Crippen LogP contribution is 2.23. The first-order valence-corrected chi connectivity index (χ1v) is 5.93. The van der Waals surface area contributed by atoms with E-state index >= 15 is 0 Å². The fourth-order valence-electron chi connectivity index (χ4n) is 1.24. The van der Waals surface area contributed by atoms with E-state index in [1.54, 1.807) is 13.8 Å². The third-order valence-corrected chi connectivity index (χ3v) is 2.55. The lowest BCUT2D eigenvalue weighted by molar-refractivity contribution is -0.150. The van der Waals surface area contributed by atoms with E-state index in [0.717, 1.165) is 10.0 Å². The zero-order valence-corrected chi connectivity index (χ0v) is 11.2. The average molecular weight is 287 g/mol. The topological polar surface area (TPSA) is 35.5 Å². The normalized spacial score (nSPS) is 12.0. The fourth-order valence-corrected chi connectivity index (χ4v) is 1.72. The molecule has 1 aromatic rings. The molecule has 0 heterocycles. The van der Waals surface area contributed by atoms with E-state index in [1.165, 1.54) is 0 Å². The molecule has 0 fully saturated rings. The molecule has 0 bridgehead atoms. The van der Waals surface area contributed by atoms with Gasteiger partial charge >= 0.3 is 5.97 Å². The third-order valence-electron chi connectivity index (χ3n) is 2.06. The maximum Gasteiger partial charge on any atom is 0.347 e. The largest absolute Gasteiger partial charge is 0.479 e. The molecule has 0 aliphatic carbocycles. The van der Waals surface area contributed by atoms with Crippen molar-refractivity contribution in [2.24, 2.45) is 0 Å². The lowest BCUT2D eigenvalue weighted by Crippen LogP contribution is -2.26. The minimum absolute atomic E-state index is 0.343.